The summed E-state index contributed by atoms with van der Waals surface area (Å²) in [4.78, 5) is 22.0. The summed E-state index contributed by atoms with van der Waals surface area (Å²) in [6.45, 7) is 0.657. The summed E-state index contributed by atoms with van der Waals surface area (Å²) < 4.78 is 33.0. The summed E-state index contributed by atoms with van der Waals surface area (Å²) in [6.07, 6.45) is 2.14. The van der Waals surface area contributed by atoms with Crippen LogP contribution in [0.1, 0.15) is 31.2 Å². The van der Waals surface area contributed by atoms with Crippen LogP contribution in [0.15, 0.2) is 59.5 Å². The van der Waals surface area contributed by atoms with Gasteiger partial charge in [0.1, 0.15) is 6.61 Å². The van der Waals surface area contributed by atoms with Crippen molar-refractivity contribution < 1.29 is 22.9 Å². The largest absolute Gasteiger partial charge is 0.445 e. The van der Waals surface area contributed by atoms with Crippen molar-refractivity contribution in [3.63, 3.8) is 0 Å². The molecule has 9 nitrogen and oxygen atoms in total. The van der Waals surface area contributed by atoms with Crippen LogP contribution >= 0.6 is 0 Å². The van der Waals surface area contributed by atoms with Gasteiger partial charge in [0.15, 0.2) is 4.90 Å². The summed E-state index contributed by atoms with van der Waals surface area (Å²) in [6, 6.07) is 14.4. The molecule has 31 heavy (non-hydrogen) atoms. The molecule has 1 aliphatic rings. The molecule has 0 aliphatic heterocycles. The van der Waals surface area contributed by atoms with E-state index in [0.29, 0.717) is 19.4 Å². The molecular weight excluding hydrogens is 422 g/mol. The van der Waals surface area contributed by atoms with Crippen molar-refractivity contribution in [1.82, 2.24) is 10.0 Å². The van der Waals surface area contributed by atoms with Crippen LogP contribution in [0.3, 0.4) is 0 Å². The van der Waals surface area contributed by atoms with Crippen molar-refractivity contribution in [2.24, 2.45) is 5.92 Å². The number of hydrogen-bond acceptors (Lipinski definition) is 6. The molecule has 0 saturated heterocycles. The smallest absolute Gasteiger partial charge is 0.407 e. The molecule has 0 spiro atoms. The van der Waals surface area contributed by atoms with E-state index in [2.05, 4.69) is 10.0 Å². The molecule has 166 valence electrons. The molecule has 0 bridgehead atoms. The number of benzene rings is 2. The maximum Gasteiger partial charge on any atom is 0.407 e. The van der Waals surface area contributed by atoms with Crippen LogP contribution in [-0.2, 0) is 21.4 Å². The van der Waals surface area contributed by atoms with Crippen molar-refractivity contribution in [2.75, 3.05) is 6.54 Å². The number of carbonyl (C=O) groups is 1. The van der Waals surface area contributed by atoms with E-state index >= 15 is 0 Å². The number of nitrogens with one attached hydrogen (secondary N) is 2. The number of nitrogens with zero attached hydrogens (tertiary/aromatic N) is 1. The Kier molecular flexibility index (Phi) is 7.59. The minimum atomic E-state index is -3.99. The molecule has 1 fully saturated rings. The third kappa shape index (κ3) is 6.50. The number of rotatable bonds is 8. The maximum atomic E-state index is 12.6. The van der Waals surface area contributed by atoms with Crippen LogP contribution in [-0.4, -0.2) is 32.0 Å². The molecule has 2 aromatic carbocycles. The first-order chi connectivity index (χ1) is 14.8. The van der Waals surface area contributed by atoms with E-state index in [9.17, 15) is 23.3 Å². The van der Waals surface area contributed by atoms with E-state index in [4.69, 9.17) is 4.74 Å². The van der Waals surface area contributed by atoms with Crippen molar-refractivity contribution in [2.45, 2.75) is 43.2 Å². The van der Waals surface area contributed by atoms with Gasteiger partial charge in [-0.1, -0.05) is 42.5 Å². The Morgan fingerprint density at radius 3 is 2.35 bits per heavy atom. The lowest BCUT2D eigenvalue weighted by Gasteiger charge is -2.28. The summed E-state index contributed by atoms with van der Waals surface area (Å²) >= 11 is 0. The fourth-order valence-corrected chi connectivity index (χ4v) is 5.08. The average molecular weight is 448 g/mol. The van der Waals surface area contributed by atoms with E-state index in [1.807, 2.05) is 30.3 Å². The Balaban J connectivity index is 1.43. The van der Waals surface area contributed by atoms with E-state index < -0.39 is 26.7 Å². The lowest BCUT2D eigenvalue weighted by molar-refractivity contribution is -0.387. The first kappa shape index (κ1) is 22.7. The topological polar surface area (TPSA) is 128 Å². The van der Waals surface area contributed by atoms with Gasteiger partial charge in [0.05, 0.1) is 4.92 Å². The van der Waals surface area contributed by atoms with Crippen LogP contribution < -0.4 is 10.0 Å². The van der Waals surface area contributed by atoms with Crippen LogP contribution in [0.4, 0.5) is 10.5 Å². The van der Waals surface area contributed by atoms with E-state index in [-0.39, 0.29) is 23.5 Å². The number of ether oxygens (including phenoxy) is 1. The molecule has 1 saturated carbocycles. The predicted molar refractivity (Wildman–Crippen MR) is 114 cm³/mol. The molecule has 2 aromatic rings. The molecule has 10 heteroatoms. The summed E-state index contributed by atoms with van der Waals surface area (Å²) in [5.41, 5.74) is 0.464. The first-order valence-corrected chi connectivity index (χ1v) is 11.5. The van der Waals surface area contributed by atoms with E-state index in [1.165, 1.54) is 24.3 Å². The number of carbonyl (C=O) groups excluding carboxylic acids is 1. The molecule has 0 aromatic heterocycles. The number of alkyl carbamates (subject to hydrolysis) is 1. The standard InChI is InChI=1S/C21H25N3O6S/c25-21(30-15-17-6-2-1-3-7-17)22-14-16-10-12-18(13-11-16)23-31(28,29)20-9-5-4-8-19(20)24(26)27/h1-9,16,18,23H,10-15H2,(H,22,25)/t16-,18-. The molecule has 3 rings (SSSR count). The number of para-hydroxylation sites is 1. The first-order valence-electron chi connectivity index (χ1n) is 10.1. The summed E-state index contributed by atoms with van der Waals surface area (Å²) in [5, 5.41) is 13.9. The Morgan fingerprint density at radius 2 is 1.68 bits per heavy atom. The van der Waals surface area contributed by atoms with Crippen LogP contribution in [0.2, 0.25) is 0 Å². The predicted octanol–water partition coefficient (Wildman–Crippen LogP) is 3.36. The minimum absolute atomic E-state index is 0.201. The Labute approximate surface area is 181 Å². The zero-order valence-electron chi connectivity index (χ0n) is 16.9. The van der Waals surface area contributed by atoms with Gasteiger partial charge in [-0.2, -0.15) is 0 Å². The van der Waals surface area contributed by atoms with Gasteiger partial charge in [-0.3, -0.25) is 10.1 Å². The second-order valence-electron chi connectivity index (χ2n) is 7.51. The van der Waals surface area contributed by atoms with Gasteiger partial charge in [-0.25, -0.2) is 17.9 Å². The van der Waals surface area contributed by atoms with Gasteiger partial charge in [0.25, 0.3) is 5.69 Å². The van der Waals surface area contributed by atoms with Gasteiger partial charge in [0, 0.05) is 18.7 Å². The maximum absolute atomic E-state index is 12.6. The quantitative estimate of drug-likeness (QED) is 0.472. The Bertz CT molecular complexity index is 1000. The fraction of sp³-hybridized carbons (Fsp3) is 0.381. The highest BCUT2D eigenvalue weighted by Crippen LogP contribution is 2.27. The SMILES string of the molecule is O=C(NC[C@H]1CC[C@H](NS(=O)(=O)c2ccccc2[N+](=O)[O-])CC1)OCc1ccccc1. The molecule has 0 unspecified atom stereocenters. The Hall–Kier alpha value is -2.98. The molecule has 0 atom stereocenters. The van der Waals surface area contributed by atoms with Gasteiger partial charge in [-0.15, -0.1) is 0 Å². The van der Waals surface area contributed by atoms with E-state index in [0.717, 1.165) is 18.4 Å². The molecule has 2 N–H and O–H groups in total. The molecular formula is C21H25N3O6S. The highest BCUT2D eigenvalue weighted by Gasteiger charge is 2.30. The molecule has 0 heterocycles. The lowest BCUT2D eigenvalue weighted by Crippen LogP contribution is -2.39. The number of nitro groups is 1. The second-order valence-corrected chi connectivity index (χ2v) is 9.19. The van der Waals surface area contributed by atoms with Crippen LogP contribution in [0.25, 0.3) is 0 Å². The molecule has 0 radical (unpaired) electrons. The fourth-order valence-electron chi connectivity index (χ4n) is 3.60. The highest BCUT2D eigenvalue weighted by atomic mass is 32.2. The number of sulfonamides is 1. The third-order valence-electron chi connectivity index (χ3n) is 5.27. The van der Waals surface area contributed by atoms with E-state index in [1.54, 1.807) is 0 Å². The van der Waals surface area contributed by atoms with Crippen molar-refractivity contribution in [3.8, 4) is 0 Å². The van der Waals surface area contributed by atoms with Gasteiger partial charge >= 0.3 is 6.09 Å². The van der Waals surface area contributed by atoms with Gasteiger partial charge in [-0.05, 0) is 43.2 Å². The summed E-state index contributed by atoms with van der Waals surface area (Å²) in [7, 11) is -3.99. The lowest BCUT2D eigenvalue weighted by atomic mass is 9.86. The third-order valence-corrected chi connectivity index (χ3v) is 6.84. The number of hydrogen-bond donors (Lipinski definition) is 2. The van der Waals surface area contributed by atoms with Crippen LogP contribution in [0, 0.1) is 16.0 Å². The number of amides is 1. The van der Waals surface area contributed by atoms with Crippen molar-refractivity contribution in [1.29, 1.82) is 0 Å². The van der Waals surface area contributed by atoms with Crippen molar-refractivity contribution in [3.05, 3.63) is 70.3 Å². The zero-order valence-corrected chi connectivity index (χ0v) is 17.7. The second kappa shape index (κ2) is 10.4. The van der Waals surface area contributed by atoms with Gasteiger partial charge in [0.2, 0.25) is 10.0 Å². The van der Waals surface area contributed by atoms with Crippen LogP contribution in [0.5, 0.6) is 0 Å². The highest BCUT2D eigenvalue weighted by molar-refractivity contribution is 7.89. The average Bonchev–Trinajstić information content (AvgIpc) is 2.77. The number of nitro benzene ring substituents is 1. The normalized spacial score (nSPS) is 18.8. The molecule has 1 aliphatic carbocycles. The monoisotopic (exact) mass is 447 g/mol. The molecule has 1 amide bonds. The van der Waals surface area contributed by atoms with Crippen molar-refractivity contribution >= 4 is 21.8 Å². The van der Waals surface area contributed by atoms with Gasteiger partial charge < -0.3 is 10.1 Å². The Morgan fingerprint density at radius 1 is 1.03 bits per heavy atom. The summed E-state index contributed by atoms with van der Waals surface area (Å²) in [5.74, 6) is 0.219. The minimum Gasteiger partial charge on any atom is -0.445 e. The zero-order chi connectivity index (χ0) is 22.3.